The lowest BCUT2D eigenvalue weighted by Gasteiger charge is -2.17. The summed E-state index contributed by atoms with van der Waals surface area (Å²) in [5.41, 5.74) is 0.318. The van der Waals surface area contributed by atoms with Crippen molar-refractivity contribution in [1.29, 1.82) is 0 Å². The molecular formula is C19H20Cl3FN2O2. The van der Waals surface area contributed by atoms with Crippen molar-refractivity contribution in [2.75, 3.05) is 11.9 Å². The maximum absolute atomic E-state index is 14.1. The van der Waals surface area contributed by atoms with Gasteiger partial charge in [-0.3, -0.25) is 4.79 Å². The minimum atomic E-state index is -0.876. The van der Waals surface area contributed by atoms with E-state index in [0.29, 0.717) is 39.4 Å². The van der Waals surface area contributed by atoms with Crippen LogP contribution in [0.5, 0.6) is 0 Å². The molecule has 0 heterocycles. The minimum absolute atomic E-state index is 0.130. The van der Waals surface area contributed by atoms with Crippen LogP contribution in [-0.4, -0.2) is 23.2 Å². The van der Waals surface area contributed by atoms with E-state index in [9.17, 15) is 14.3 Å². The molecule has 0 radical (unpaired) electrons. The molecule has 8 heteroatoms. The topological polar surface area (TPSA) is 61.4 Å². The van der Waals surface area contributed by atoms with Gasteiger partial charge in [0.25, 0.3) is 0 Å². The van der Waals surface area contributed by atoms with Crippen LogP contribution in [0.25, 0.3) is 0 Å². The Morgan fingerprint density at radius 2 is 1.78 bits per heavy atom. The zero-order valence-corrected chi connectivity index (χ0v) is 17.1. The van der Waals surface area contributed by atoms with Gasteiger partial charge in [-0.1, -0.05) is 34.8 Å². The molecule has 0 fully saturated rings. The third-order valence-corrected chi connectivity index (χ3v) is 4.55. The first-order chi connectivity index (χ1) is 12.5. The Labute approximate surface area is 172 Å². The Bertz CT molecular complexity index is 815. The number of rotatable bonds is 7. The molecule has 2 aromatic carbocycles. The van der Waals surface area contributed by atoms with Gasteiger partial charge in [-0.15, -0.1) is 0 Å². The van der Waals surface area contributed by atoms with Gasteiger partial charge in [0, 0.05) is 17.3 Å². The fraction of sp³-hybridized carbons (Fsp3) is 0.316. The molecule has 0 aliphatic heterocycles. The fourth-order valence-electron chi connectivity index (χ4n) is 2.34. The van der Waals surface area contributed by atoms with Gasteiger partial charge in [0.2, 0.25) is 5.91 Å². The lowest BCUT2D eigenvalue weighted by atomic mass is 10.1. The molecule has 146 valence electrons. The Morgan fingerprint density at radius 3 is 2.37 bits per heavy atom. The highest BCUT2D eigenvalue weighted by Crippen LogP contribution is 2.36. The second kappa shape index (κ2) is 9.11. The van der Waals surface area contributed by atoms with Gasteiger partial charge in [-0.2, -0.15) is 0 Å². The zero-order valence-electron chi connectivity index (χ0n) is 14.9. The zero-order chi connectivity index (χ0) is 20.2. The van der Waals surface area contributed by atoms with Crippen LogP contribution in [0.15, 0.2) is 30.3 Å². The Morgan fingerprint density at radius 1 is 1.15 bits per heavy atom. The van der Waals surface area contributed by atoms with E-state index >= 15 is 0 Å². The van der Waals surface area contributed by atoms with Crippen LogP contribution < -0.4 is 10.6 Å². The molecule has 0 atom stereocenters. The predicted molar refractivity (Wildman–Crippen MR) is 109 cm³/mol. The smallest absolute Gasteiger partial charge is 0.224 e. The van der Waals surface area contributed by atoms with Crippen LogP contribution in [0.3, 0.4) is 0 Å². The molecule has 3 N–H and O–H groups in total. The summed E-state index contributed by atoms with van der Waals surface area (Å²) in [4.78, 5) is 12.0. The summed E-state index contributed by atoms with van der Waals surface area (Å²) in [5.74, 6) is -0.829. The van der Waals surface area contributed by atoms with Crippen molar-refractivity contribution in [3.8, 4) is 0 Å². The number of carbonyl (C=O) groups is 1. The van der Waals surface area contributed by atoms with E-state index < -0.39 is 11.4 Å². The molecule has 0 aliphatic rings. The molecule has 0 aliphatic carbocycles. The molecule has 2 aromatic rings. The molecule has 2 rings (SSSR count). The third-order valence-electron chi connectivity index (χ3n) is 3.73. The third kappa shape index (κ3) is 6.85. The first kappa shape index (κ1) is 21.8. The molecular weight excluding hydrogens is 414 g/mol. The van der Waals surface area contributed by atoms with E-state index in [-0.39, 0.29) is 17.9 Å². The maximum Gasteiger partial charge on any atom is 0.224 e. The van der Waals surface area contributed by atoms with Crippen molar-refractivity contribution in [3.05, 3.63) is 56.8 Å². The standard InChI is InChI=1S/C19H20Cl3FN2O2/c1-19(2,27)5-6-24-17(26)8-11-7-13(3-4-16(11)23)25-18-14(21)9-12(20)10-15(18)22/h3-4,7,9-10,25,27H,5-6,8H2,1-2H3,(H,24,26). The molecule has 27 heavy (non-hydrogen) atoms. The Hall–Kier alpha value is -1.53. The van der Waals surface area contributed by atoms with Gasteiger partial charge in [-0.25, -0.2) is 4.39 Å². The van der Waals surface area contributed by atoms with Crippen LogP contribution >= 0.6 is 34.8 Å². The highest BCUT2D eigenvalue weighted by atomic mass is 35.5. The quantitative estimate of drug-likeness (QED) is 0.551. The second-order valence-electron chi connectivity index (χ2n) is 6.76. The van der Waals surface area contributed by atoms with E-state index in [4.69, 9.17) is 34.8 Å². The normalized spacial score (nSPS) is 11.4. The Kier molecular flexibility index (Phi) is 7.34. The summed E-state index contributed by atoms with van der Waals surface area (Å²) in [6.07, 6.45) is 0.270. The summed E-state index contributed by atoms with van der Waals surface area (Å²) in [7, 11) is 0. The van der Waals surface area contributed by atoms with E-state index in [2.05, 4.69) is 10.6 Å². The molecule has 0 spiro atoms. The number of carbonyl (C=O) groups excluding carboxylic acids is 1. The summed E-state index contributed by atoms with van der Waals surface area (Å²) in [6.45, 7) is 3.61. The van der Waals surface area contributed by atoms with Crippen molar-refractivity contribution >= 4 is 52.1 Å². The van der Waals surface area contributed by atoms with Crippen molar-refractivity contribution in [3.63, 3.8) is 0 Å². The molecule has 4 nitrogen and oxygen atoms in total. The lowest BCUT2D eigenvalue weighted by molar-refractivity contribution is -0.120. The van der Waals surface area contributed by atoms with E-state index in [1.54, 1.807) is 13.8 Å². The van der Waals surface area contributed by atoms with E-state index in [0.717, 1.165) is 0 Å². The van der Waals surface area contributed by atoms with Gasteiger partial charge >= 0.3 is 0 Å². The monoisotopic (exact) mass is 432 g/mol. The highest BCUT2D eigenvalue weighted by molar-refractivity contribution is 6.41. The SMILES string of the molecule is CC(C)(O)CCNC(=O)Cc1cc(Nc2c(Cl)cc(Cl)cc2Cl)ccc1F. The average molecular weight is 434 g/mol. The average Bonchev–Trinajstić information content (AvgIpc) is 2.52. The van der Waals surface area contributed by atoms with Crippen LogP contribution in [0.2, 0.25) is 15.1 Å². The molecule has 0 bridgehead atoms. The highest BCUT2D eigenvalue weighted by Gasteiger charge is 2.14. The van der Waals surface area contributed by atoms with Crippen LogP contribution in [0.1, 0.15) is 25.8 Å². The van der Waals surface area contributed by atoms with Gasteiger partial charge in [0.1, 0.15) is 5.82 Å². The number of anilines is 2. The first-order valence-corrected chi connectivity index (χ1v) is 9.37. The number of hydrogen-bond donors (Lipinski definition) is 3. The maximum atomic E-state index is 14.1. The van der Waals surface area contributed by atoms with Gasteiger partial charge in [-0.05, 0) is 56.2 Å². The lowest BCUT2D eigenvalue weighted by Crippen LogP contribution is -2.31. The van der Waals surface area contributed by atoms with Crippen molar-refractivity contribution in [2.24, 2.45) is 0 Å². The molecule has 1 amide bonds. The van der Waals surface area contributed by atoms with Crippen molar-refractivity contribution < 1.29 is 14.3 Å². The predicted octanol–water partition coefficient (Wildman–Crippen LogP) is 5.35. The van der Waals surface area contributed by atoms with Gasteiger partial charge in [0.05, 0.1) is 27.8 Å². The minimum Gasteiger partial charge on any atom is -0.390 e. The Balaban J connectivity index is 2.09. The summed E-state index contributed by atoms with van der Waals surface area (Å²) < 4.78 is 14.1. The fourth-order valence-corrected chi connectivity index (χ4v) is 3.25. The molecule has 0 unspecified atom stereocenters. The van der Waals surface area contributed by atoms with Gasteiger partial charge in [0.15, 0.2) is 0 Å². The number of halogens is 4. The van der Waals surface area contributed by atoms with Crippen molar-refractivity contribution in [2.45, 2.75) is 32.3 Å². The number of hydrogen-bond acceptors (Lipinski definition) is 3. The number of benzene rings is 2. The number of nitrogens with one attached hydrogen (secondary N) is 2. The van der Waals surface area contributed by atoms with E-state index in [1.807, 2.05) is 0 Å². The molecule has 0 saturated carbocycles. The molecule has 0 saturated heterocycles. The number of aliphatic hydroxyl groups is 1. The summed E-state index contributed by atoms with van der Waals surface area (Å²) in [6, 6.07) is 7.38. The van der Waals surface area contributed by atoms with Crippen LogP contribution in [-0.2, 0) is 11.2 Å². The molecule has 0 aromatic heterocycles. The largest absolute Gasteiger partial charge is 0.390 e. The van der Waals surface area contributed by atoms with Crippen molar-refractivity contribution in [1.82, 2.24) is 5.32 Å². The van der Waals surface area contributed by atoms with Gasteiger partial charge < -0.3 is 15.7 Å². The first-order valence-electron chi connectivity index (χ1n) is 8.24. The van der Waals surface area contributed by atoms with E-state index in [1.165, 1.54) is 30.3 Å². The van der Waals surface area contributed by atoms with Crippen LogP contribution in [0, 0.1) is 5.82 Å². The summed E-state index contributed by atoms with van der Waals surface area (Å²) in [5, 5.41) is 16.4. The summed E-state index contributed by atoms with van der Waals surface area (Å²) >= 11 is 18.2. The second-order valence-corrected chi connectivity index (χ2v) is 8.02. The number of amides is 1. The van der Waals surface area contributed by atoms with Crippen LogP contribution in [0.4, 0.5) is 15.8 Å².